The summed E-state index contributed by atoms with van der Waals surface area (Å²) in [6.07, 6.45) is 2.65. The number of benzene rings is 1. The van der Waals surface area contributed by atoms with Crippen molar-refractivity contribution in [2.75, 3.05) is 40.5 Å². The topological polar surface area (TPSA) is 58.1 Å². The third-order valence-electron chi connectivity index (χ3n) is 4.96. The predicted octanol–water partition coefficient (Wildman–Crippen LogP) is 2.56. The highest BCUT2D eigenvalue weighted by Gasteiger charge is 2.28. The Hall–Kier alpha value is -1.79. The van der Waals surface area contributed by atoms with Crippen LogP contribution < -0.4 is 15.4 Å². The first kappa shape index (κ1) is 21.5. The van der Waals surface area contributed by atoms with Gasteiger partial charge in [0.1, 0.15) is 12.4 Å². The van der Waals surface area contributed by atoms with Crippen LogP contribution in [-0.2, 0) is 11.3 Å². The summed E-state index contributed by atoms with van der Waals surface area (Å²) in [5.41, 5.74) is 2.30. The van der Waals surface area contributed by atoms with Gasteiger partial charge >= 0.3 is 0 Å². The van der Waals surface area contributed by atoms with E-state index in [0.29, 0.717) is 32.4 Å². The van der Waals surface area contributed by atoms with Gasteiger partial charge in [-0.15, -0.1) is 0 Å². The standard InChI is InChI=1S/C21H36N4O2/c1-6-26-11-12-27-20-13-16(2)7-8-18(20)15-24-21(22-4)23-14-17(3)25(5)19-9-10-19/h7-8,13,17,19H,6,9-12,14-15H2,1-5H3,(H2,22,23,24). The van der Waals surface area contributed by atoms with Gasteiger partial charge < -0.3 is 20.1 Å². The van der Waals surface area contributed by atoms with Crippen molar-refractivity contribution >= 4 is 5.96 Å². The molecule has 27 heavy (non-hydrogen) atoms. The van der Waals surface area contributed by atoms with Gasteiger partial charge in [-0.1, -0.05) is 12.1 Å². The number of hydrogen-bond donors (Lipinski definition) is 2. The fourth-order valence-electron chi connectivity index (χ4n) is 2.93. The van der Waals surface area contributed by atoms with Gasteiger partial charge in [-0.25, -0.2) is 0 Å². The molecule has 0 heterocycles. The lowest BCUT2D eigenvalue weighted by Gasteiger charge is -2.25. The molecule has 1 unspecified atom stereocenters. The van der Waals surface area contributed by atoms with Crippen molar-refractivity contribution in [2.45, 2.75) is 52.2 Å². The van der Waals surface area contributed by atoms with E-state index < -0.39 is 0 Å². The van der Waals surface area contributed by atoms with Gasteiger partial charge in [-0.2, -0.15) is 0 Å². The van der Waals surface area contributed by atoms with Gasteiger partial charge in [-0.05, 0) is 52.3 Å². The Morgan fingerprint density at radius 2 is 2.07 bits per heavy atom. The maximum absolute atomic E-state index is 5.92. The second-order valence-corrected chi connectivity index (χ2v) is 7.21. The molecule has 0 spiro atoms. The normalized spacial score (nSPS) is 15.7. The molecule has 1 aliphatic carbocycles. The lowest BCUT2D eigenvalue weighted by Crippen LogP contribution is -2.45. The van der Waals surface area contributed by atoms with Crippen LogP contribution in [0.1, 0.15) is 37.8 Å². The minimum atomic E-state index is 0.480. The number of hydrogen-bond acceptors (Lipinski definition) is 4. The van der Waals surface area contributed by atoms with Crippen molar-refractivity contribution in [3.05, 3.63) is 29.3 Å². The highest BCUT2D eigenvalue weighted by molar-refractivity contribution is 5.79. The zero-order valence-electron chi connectivity index (χ0n) is 17.5. The van der Waals surface area contributed by atoms with Gasteiger partial charge in [0.05, 0.1) is 6.61 Å². The summed E-state index contributed by atoms with van der Waals surface area (Å²) in [6, 6.07) is 7.53. The maximum Gasteiger partial charge on any atom is 0.191 e. The Kier molecular flexibility index (Phi) is 8.88. The van der Waals surface area contributed by atoms with Crippen molar-refractivity contribution < 1.29 is 9.47 Å². The summed E-state index contributed by atoms with van der Waals surface area (Å²) in [4.78, 5) is 6.79. The quantitative estimate of drug-likeness (QED) is 0.353. The van der Waals surface area contributed by atoms with Gasteiger partial charge in [0, 0.05) is 44.4 Å². The highest BCUT2D eigenvalue weighted by atomic mass is 16.5. The molecule has 0 radical (unpaired) electrons. The second-order valence-electron chi connectivity index (χ2n) is 7.21. The second kappa shape index (κ2) is 11.1. The Morgan fingerprint density at radius 3 is 2.74 bits per heavy atom. The Morgan fingerprint density at radius 1 is 1.30 bits per heavy atom. The summed E-state index contributed by atoms with van der Waals surface area (Å²) in [6.45, 7) is 9.73. The number of rotatable bonds is 11. The van der Waals surface area contributed by atoms with E-state index in [-0.39, 0.29) is 0 Å². The molecule has 1 aromatic rings. The van der Waals surface area contributed by atoms with Crippen LogP contribution in [0.2, 0.25) is 0 Å². The molecular weight excluding hydrogens is 340 g/mol. The average molecular weight is 377 g/mol. The number of nitrogens with zero attached hydrogens (tertiary/aromatic N) is 2. The van der Waals surface area contributed by atoms with Crippen molar-refractivity contribution in [1.82, 2.24) is 15.5 Å². The minimum Gasteiger partial charge on any atom is -0.491 e. The van der Waals surface area contributed by atoms with Crippen LogP contribution in [-0.4, -0.2) is 63.4 Å². The van der Waals surface area contributed by atoms with E-state index in [1.165, 1.54) is 18.4 Å². The summed E-state index contributed by atoms with van der Waals surface area (Å²) in [5.74, 6) is 1.71. The molecule has 0 amide bonds. The Balaban J connectivity index is 1.83. The molecule has 1 atom stereocenters. The van der Waals surface area contributed by atoms with Crippen LogP contribution in [0.4, 0.5) is 0 Å². The number of aliphatic imine (C=N–C) groups is 1. The largest absolute Gasteiger partial charge is 0.491 e. The van der Waals surface area contributed by atoms with E-state index in [1.54, 1.807) is 7.05 Å². The molecule has 1 aliphatic rings. The molecule has 2 rings (SSSR count). The minimum absolute atomic E-state index is 0.480. The Bertz CT molecular complexity index is 602. The van der Waals surface area contributed by atoms with E-state index in [2.05, 4.69) is 59.6 Å². The summed E-state index contributed by atoms with van der Waals surface area (Å²) in [5, 5.41) is 6.83. The van der Waals surface area contributed by atoms with Crippen molar-refractivity contribution in [2.24, 2.45) is 4.99 Å². The SMILES string of the molecule is CCOCCOc1cc(C)ccc1CNC(=NC)NCC(C)N(C)C1CC1. The molecule has 1 saturated carbocycles. The first-order valence-corrected chi connectivity index (χ1v) is 10.0. The summed E-state index contributed by atoms with van der Waals surface area (Å²) >= 11 is 0. The monoisotopic (exact) mass is 376 g/mol. The highest BCUT2D eigenvalue weighted by Crippen LogP contribution is 2.26. The third kappa shape index (κ3) is 7.39. The fraction of sp³-hybridized carbons (Fsp3) is 0.667. The molecule has 6 nitrogen and oxygen atoms in total. The number of likely N-dealkylation sites (N-methyl/N-ethyl adjacent to an activating group) is 1. The average Bonchev–Trinajstić information content (AvgIpc) is 3.51. The molecule has 1 fully saturated rings. The number of aryl methyl sites for hydroxylation is 1. The van der Waals surface area contributed by atoms with E-state index in [9.17, 15) is 0 Å². The van der Waals surface area contributed by atoms with E-state index in [0.717, 1.165) is 29.9 Å². The van der Waals surface area contributed by atoms with Crippen molar-refractivity contribution in [1.29, 1.82) is 0 Å². The van der Waals surface area contributed by atoms with E-state index in [4.69, 9.17) is 9.47 Å². The van der Waals surface area contributed by atoms with E-state index in [1.807, 2.05) is 6.92 Å². The van der Waals surface area contributed by atoms with Gasteiger partial charge in [0.25, 0.3) is 0 Å². The van der Waals surface area contributed by atoms with Crippen LogP contribution in [0, 0.1) is 6.92 Å². The first-order valence-electron chi connectivity index (χ1n) is 10.0. The smallest absolute Gasteiger partial charge is 0.191 e. The predicted molar refractivity (Wildman–Crippen MR) is 112 cm³/mol. The molecule has 0 aromatic heterocycles. The molecular formula is C21H36N4O2. The number of ether oxygens (including phenoxy) is 2. The van der Waals surface area contributed by atoms with Gasteiger partial charge in [0.15, 0.2) is 5.96 Å². The molecule has 152 valence electrons. The van der Waals surface area contributed by atoms with Crippen molar-refractivity contribution in [3.8, 4) is 5.75 Å². The third-order valence-corrected chi connectivity index (χ3v) is 4.96. The summed E-state index contributed by atoms with van der Waals surface area (Å²) in [7, 11) is 4.01. The molecule has 0 saturated heterocycles. The summed E-state index contributed by atoms with van der Waals surface area (Å²) < 4.78 is 11.3. The molecule has 6 heteroatoms. The number of guanidine groups is 1. The van der Waals surface area contributed by atoms with Crippen LogP contribution >= 0.6 is 0 Å². The fourth-order valence-corrected chi connectivity index (χ4v) is 2.93. The van der Waals surface area contributed by atoms with Crippen LogP contribution in [0.5, 0.6) is 5.75 Å². The van der Waals surface area contributed by atoms with E-state index >= 15 is 0 Å². The van der Waals surface area contributed by atoms with Crippen molar-refractivity contribution in [3.63, 3.8) is 0 Å². The van der Waals surface area contributed by atoms with Gasteiger partial charge in [0.2, 0.25) is 0 Å². The molecule has 2 N–H and O–H groups in total. The van der Waals surface area contributed by atoms with Crippen LogP contribution in [0.25, 0.3) is 0 Å². The number of nitrogens with one attached hydrogen (secondary N) is 2. The van der Waals surface area contributed by atoms with Gasteiger partial charge in [-0.3, -0.25) is 9.89 Å². The van der Waals surface area contributed by atoms with Crippen LogP contribution in [0.15, 0.2) is 23.2 Å². The first-order chi connectivity index (χ1) is 13.0. The zero-order chi connectivity index (χ0) is 19.6. The molecule has 0 bridgehead atoms. The zero-order valence-corrected chi connectivity index (χ0v) is 17.5. The molecule has 1 aromatic carbocycles. The lowest BCUT2D eigenvalue weighted by molar-refractivity contribution is 0.110. The molecule has 0 aliphatic heterocycles. The lowest BCUT2D eigenvalue weighted by atomic mass is 10.1. The van der Waals surface area contributed by atoms with Crippen LogP contribution in [0.3, 0.4) is 0 Å². The Labute approximate surface area is 164 Å². The maximum atomic E-state index is 5.92.